The van der Waals surface area contributed by atoms with Crippen LogP contribution in [0.1, 0.15) is 18.7 Å². The third kappa shape index (κ3) is 4.35. The second-order valence-electron chi connectivity index (χ2n) is 4.48. The number of nitrogens with zero attached hydrogens (tertiary/aromatic N) is 2. The van der Waals surface area contributed by atoms with E-state index in [0.717, 1.165) is 12.8 Å². The van der Waals surface area contributed by atoms with Gasteiger partial charge in [-0.15, -0.1) is 10.2 Å². The fourth-order valence-electron chi connectivity index (χ4n) is 1.29. The first-order chi connectivity index (χ1) is 8.13. The molecule has 1 aromatic rings. The number of quaternary nitrogens is 1. The Balaban J connectivity index is 1.74. The summed E-state index contributed by atoms with van der Waals surface area (Å²) in [6.45, 7) is 0.696. The number of carbonyl (C=O) groups is 1. The van der Waals surface area contributed by atoms with Crippen LogP contribution in [-0.4, -0.2) is 42.0 Å². The first-order valence-corrected chi connectivity index (χ1v) is 6.65. The Morgan fingerprint density at radius 3 is 2.94 bits per heavy atom. The van der Waals surface area contributed by atoms with Crippen molar-refractivity contribution in [1.82, 2.24) is 15.5 Å². The monoisotopic (exact) mass is 257 g/mol. The minimum absolute atomic E-state index is 0.0375. The van der Waals surface area contributed by atoms with E-state index in [9.17, 15) is 4.79 Å². The predicted molar refractivity (Wildman–Crippen MR) is 62.7 cm³/mol. The molecule has 1 aliphatic carbocycles. The fraction of sp³-hybridized carbons (Fsp3) is 0.700. The molecule has 1 heterocycles. The Morgan fingerprint density at radius 1 is 1.53 bits per heavy atom. The minimum Gasteiger partial charge on any atom is -0.410 e. The van der Waals surface area contributed by atoms with E-state index >= 15 is 0 Å². The lowest BCUT2D eigenvalue weighted by Gasteiger charge is -2.01. The summed E-state index contributed by atoms with van der Waals surface area (Å²) in [5, 5.41) is 11.2. The first kappa shape index (κ1) is 12.4. The van der Waals surface area contributed by atoms with Crippen molar-refractivity contribution in [3.8, 4) is 0 Å². The lowest BCUT2D eigenvalue weighted by Crippen LogP contribution is -3.04. The molecule has 0 spiro atoms. The molecule has 1 saturated carbocycles. The van der Waals surface area contributed by atoms with Gasteiger partial charge in [0, 0.05) is 6.04 Å². The molecule has 0 atom stereocenters. The summed E-state index contributed by atoms with van der Waals surface area (Å²) in [5.41, 5.74) is 0. The van der Waals surface area contributed by atoms with Crippen LogP contribution in [0.15, 0.2) is 9.64 Å². The van der Waals surface area contributed by atoms with Gasteiger partial charge in [-0.1, -0.05) is 11.8 Å². The second-order valence-corrected chi connectivity index (χ2v) is 5.40. The topological polar surface area (TPSA) is 72.5 Å². The molecular formula is C10H17N4O2S+. The molecule has 1 aliphatic rings. The normalized spacial score (nSPS) is 15.2. The van der Waals surface area contributed by atoms with Crippen molar-refractivity contribution >= 4 is 17.7 Å². The largest absolute Gasteiger partial charge is 0.410 e. The SMILES string of the molecule is C[NH+](C)Cc1nnc(SCC(=O)NC2CC2)o1. The van der Waals surface area contributed by atoms with Crippen molar-refractivity contribution in [3.63, 3.8) is 0 Å². The van der Waals surface area contributed by atoms with Gasteiger partial charge in [-0.25, -0.2) is 0 Å². The van der Waals surface area contributed by atoms with Crippen molar-refractivity contribution in [1.29, 1.82) is 0 Å². The molecule has 1 fully saturated rings. The van der Waals surface area contributed by atoms with Gasteiger partial charge >= 0.3 is 0 Å². The molecule has 1 aromatic heterocycles. The van der Waals surface area contributed by atoms with Crippen LogP contribution in [0.25, 0.3) is 0 Å². The van der Waals surface area contributed by atoms with Gasteiger partial charge in [0.15, 0.2) is 6.54 Å². The molecule has 1 amide bonds. The number of thioether (sulfide) groups is 1. The third-order valence-electron chi connectivity index (χ3n) is 2.22. The number of nitrogens with one attached hydrogen (secondary N) is 2. The Bertz CT molecular complexity index is 389. The molecule has 0 unspecified atom stereocenters. The zero-order valence-electron chi connectivity index (χ0n) is 10.0. The molecule has 17 heavy (non-hydrogen) atoms. The molecule has 2 rings (SSSR count). The van der Waals surface area contributed by atoms with E-state index in [1.165, 1.54) is 16.7 Å². The van der Waals surface area contributed by atoms with E-state index in [1.807, 2.05) is 14.1 Å². The van der Waals surface area contributed by atoms with E-state index in [-0.39, 0.29) is 5.91 Å². The highest BCUT2D eigenvalue weighted by molar-refractivity contribution is 7.99. The van der Waals surface area contributed by atoms with Gasteiger partial charge in [-0.05, 0) is 12.8 Å². The molecule has 0 aromatic carbocycles. The smallest absolute Gasteiger partial charge is 0.277 e. The van der Waals surface area contributed by atoms with Crippen LogP contribution in [0.3, 0.4) is 0 Å². The average Bonchev–Trinajstić information content (AvgIpc) is 2.94. The Morgan fingerprint density at radius 2 is 2.29 bits per heavy atom. The Labute approximate surface area is 104 Å². The van der Waals surface area contributed by atoms with Gasteiger partial charge < -0.3 is 14.6 Å². The van der Waals surface area contributed by atoms with E-state index in [4.69, 9.17) is 4.42 Å². The van der Waals surface area contributed by atoms with Gasteiger partial charge in [0.1, 0.15) is 0 Å². The van der Waals surface area contributed by atoms with Crippen molar-refractivity contribution in [2.45, 2.75) is 30.7 Å². The summed E-state index contributed by atoms with van der Waals surface area (Å²) < 4.78 is 5.41. The highest BCUT2D eigenvalue weighted by Gasteiger charge is 2.23. The maximum absolute atomic E-state index is 11.4. The number of hydrogen-bond donors (Lipinski definition) is 2. The van der Waals surface area contributed by atoms with Crippen molar-refractivity contribution in [2.24, 2.45) is 0 Å². The number of amides is 1. The van der Waals surface area contributed by atoms with Crippen LogP contribution in [0.5, 0.6) is 0 Å². The molecule has 7 heteroatoms. The standard InChI is InChI=1S/C10H16N4O2S/c1-14(2)5-9-12-13-10(16-9)17-6-8(15)11-7-3-4-7/h7H,3-6H2,1-2H3,(H,11,15)/p+1. The van der Waals surface area contributed by atoms with E-state index in [1.54, 1.807) is 0 Å². The first-order valence-electron chi connectivity index (χ1n) is 5.67. The fourth-order valence-corrected chi connectivity index (χ4v) is 1.89. The molecule has 0 bridgehead atoms. The van der Waals surface area contributed by atoms with Gasteiger partial charge in [0.25, 0.3) is 11.1 Å². The molecule has 0 aliphatic heterocycles. The van der Waals surface area contributed by atoms with Crippen LogP contribution in [0.2, 0.25) is 0 Å². The summed E-state index contributed by atoms with van der Waals surface area (Å²) in [5.74, 6) is 0.984. The zero-order chi connectivity index (χ0) is 12.3. The quantitative estimate of drug-likeness (QED) is 0.645. The highest BCUT2D eigenvalue weighted by atomic mass is 32.2. The Kier molecular flexibility index (Phi) is 4.01. The molecule has 2 N–H and O–H groups in total. The van der Waals surface area contributed by atoms with E-state index in [0.29, 0.717) is 29.5 Å². The summed E-state index contributed by atoms with van der Waals surface area (Å²) >= 11 is 1.28. The van der Waals surface area contributed by atoms with Crippen LogP contribution >= 0.6 is 11.8 Å². The predicted octanol–water partition coefficient (Wildman–Crippen LogP) is -0.915. The summed E-state index contributed by atoms with van der Waals surface area (Å²) in [6, 6.07) is 0.402. The lowest BCUT2D eigenvalue weighted by molar-refractivity contribution is -0.874. The van der Waals surface area contributed by atoms with Crippen molar-refractivity contribution < 1.29 is 14.1 Å². The number of aromatic nitrogens is 2. The molecule has 6 nitrogen and oxygen atoms in total. The minimum atomic E-state index is 0.0375. The van der Waals surface area contributed by atoms with Crippen molar-refractivity contribution in [2.75, 3.05) is 19.8 Å². The number of rotatable bonds is 6. The van der Waals surface area contributed by atoms with E-state index < -0.39 is 0 Å². The van der Waals surface area contributed by atoms with Crippen LogP contribution in [0.4, 0.5) is 0 Å². The summed E-state index contributed by atoms with van der Waals surface area (Å²) in [4.78, 5) is 12.6. The van der Waals surface area contributed by atoms with Crippen LogP contribution in [0, 0.1) is 0 Å². The van der Waals surface area contributed by atoms with Gasteiger partial charge in [0.2, 0.25) is 5.91 Å². The summed E-state index contributed by atoms with van der Waals surface area (Å²) in [7, 11) is 4.03. The molecular weight excluding hydrogens is 240 g/mol. The lowest BCUT2D eigenvalue weighted by atomic mass is 10.6. The Hall–Kier alpha value is -1.08. The number of carbonyl (C=O) groups excluding carboxylic acids is 1. The highest BCUT2D eigenvalue weighted by Crippen LogP contribution is 2.20. The average molecular weight is 257 g/mol. The van der Waals surface area contributed by atoms with Crippen LogP contribution in [-0.2, 0) is 11.3 Å². The van der Waals surface area contributed by atoms with Crippen molar-refractivity contribution in [3.05, 3.63) is 5.89 Å². The summed E-state index contributed by atoms with van der Waals surface area (Å²) in [6.07, 6.45) is 2.21. The van der Waals surface area contributed by atoms with E-state index in [2.05, 4.69) is 15.5 Å². The maximum atomic E-state index is 11.4. The van der Waals surface area contributed by atoms with Crippen LogP contribution < -0.4 is 10.2 Å². The zero-order valence-corrected chi connectivity index (χ0v) is 10.8. The number of hydrogen-bond acceptors (Lipinski definition) is 5. The molecule has 0 saturated heterocycles. The molecule has 0 radical (unpaired) electrons. The maximum Gasteiger partial charge on any atom is 0.277 e. The van der Waals surface area contributed by atoms with Gasteiger partial charge in [-0.2, -0.15) is 0 Å². The van der Waals surface area contributed by atoms with Gasteiger partial charge in [-0.3, -0.25) is 4.79 Å². The molecule has 94 valence electrons. The van der Waals surface area contributed by atoms with Gasteiger partial charge in [0.05, 0.1) is 19.8 Å². The second kappa shape index (κ2) is 5.50. The third-order valence-corrected chi connectivity index (χ3v) is 3.04.